The third-order valence-electron chi connectivity index (χ3n) is 2.82. The van der Waals surface area contributed by atoms with Crippen molar-refractivity contribution in [2.24, 2.45) is 0 Å². The number of morpholine rings is 1. The Kier molecular flexibility index (Phi) is 4.67. The quantitative estimate of drug-likeness (QED) is 0.650. The second kappa shape index (κ2) is 6.67. The maximum atomic E-state index is 11.9. The lowest BCUT2D eigenvalue weighted by Gasteiger charge is -2.24. The molecule has 20 heavy (non-hydrogen) atoms. The van der Waals surface area contributed by atoms with Crippen LogP contribution in [0.5, 0.6) is 0 Å². The molecule has 106 valence electrons. The molecule has 1 aromatic rings. The highest BCUT2D eigenvalue weighted by atomic mass is 16.6. The molecule has 0 aliphatic carbocycles. The highest BCUT2D eigenvalue weighted by Crippen LogP contribution is 2.04. The number of amides is 1. The average molecular weight is 277 g/mol. The molecule has 1 aliphatic rings. The van der Waals surface area contributed by atoms with Gasteiger partial charge in [-0.05, 0) is 17.1 Å². The molecule has 1 amide bonds. The number of hydrogen-bond acceptors (Lipinski definition) is 5. The van der Waals surface area contributed by atoms with E-state index in [2.05, 4.69) is 5.32 Å². The van der Waals surface area contributed by atoms with Crippen LogP contribution in [0.4, 0.5) is 0 Å². The highest BCUT2D eigenvalue weighted by Gasteiger charge is 2.19. The fraction of sp³-hybridized carbons (Fsp3) is 0.308. The standard InChI is InChI=1S/C13H15N3O4/c17-13(11-4-2-1-3-5-11)14-12(16(18)19)10-15-6-8-20-9-7-15/h1-5,10H,6-9H2,(H,14,17)/b12-10+. The van der Waals surface area contributed by atoms with Gasteiger partial charge in [0.15, 0.2) is 0 Å². The summed E-state index contributed by atoms with van der Waals surface area (Å²) in [6.45, 7) is 2.18. The second-order valence-electron chi connectivity index (χ2n) is 4.24. The van der Waals surface area contributed by atoms with Gasteiger partial charge in [0.1, 0.15) is 0 Å². The summed E-state index contributed by atoms with van der Waals surface area (Å²) in [6.07, 6.45) is 1.35. The van der Waals surface area contributed by atoms with Crippen molar-refractivity contribution in [3.63, 3.8) is 0 Å². The number of nitro groups is 1. The lowest BCUT2D eigenvalue weighted by Crippen LogP contribution is -2.35. The number of rotatable bonds is 4. The molecular weight excluding hydrogens is 262 g/mol. The Labute approximate surface area is 116 Å². The van der Waals surface area contributed by atoms with Crippen LogP contribution in [-0.2, 0) is 4.74 Å². The van der Waals surface area contributed by atoms with Gasteiger partial charge >= 0.3 is 11.7 Å². The first-order chi connectivity index (χ1) is 9.66. The lowest BCUT2D eigenvalue weighted by molar-refractivity contribution is -0.431. The topological polar surface area (TPSA) is 84.7 Å². The van der Waals surface area contributed by atoms with Gasteiger partial charge in [-0.25, -0.2) is 10.1 Å². The smallest absolute Gasteiger partial charge is 0.339 e. The van der Waals surface area contributed by atoms with Gasteiger partial charge in [0.05, 0.1) is 25.0 Å². The summed E-state index contributed by atoms with van der Waals surface area (Å²) < 4.78 is 5.16. The molecule has 1 aromatic carbocycles. The zero-order valence-electron chi connectivity index (χ0n) is 10.8. The van der Waals surface area contributed by atoms with Gasteiger partial charge < -0.3 is 19.8 Å². The average Bonchev–Trinajstić information content (AvgIpc) is 2.48. The van der Waals surface area contributed by atoms with E-state index >= 15 is 0 Å². The largest absolute Gasteiger partial charge is 0.378 e. The molecule has 1 heterocycles. The molecule has 0 atom stereocenters. The van der Waals surface area contributed by atoms with Crippen LogP contribution in [-0.4, -0.2) is 42.0 Å². The van der Waals surface area contributed by atoms with Crippen LogP contribution in [0.1, 0.15) is 10.4 Å². The number of ether oxygens (including phenoxy) is 1. The minimum Gasteiger partial charge on any atom is -0.378 e. The van der Waals surface area contributed by atoms with E-state index in [-0.39, 0.29) is 5.82 Å². The van der Waals surface area contributed by atoms with Gasteiger partial charge in [-0.1, -0.05) is 18.2 Å². The van der Waals surface area contributed by atoms with E-state index in [1.165, 1.54) is 6.20 Å². The van der Waals surface area contributed by atoms with Crippen LogP contribution in [0.25, 0.3) is 0 Å². The summed E-state index contributed by atoms with van der Waals surface area (Å²) in [4.78, 5) is 24.1. The van der Waals surface area contributed by atoms with Gasteiger partial charge in [-0.3, -0.25) is 0 Å². The molecule has 0 saturated carbocycles. The monoisotopic (exact) mass is 277 g/mol. The van der Waals surface area contributed by atoms with Crippen LogP contribution in [0.15, 0.2) is 42.4 Å². The van der Waals surface area contributed by atoms with E-state index < -0.39 is 10.8 Å². The van der Waals surface area contributed by atoms with Gasteiger partial charge in [0.25, 0.3) is 0 Å². The molecule has 7 heteroatoms. The predicted octanol–water partition coefficient (Wildman–Crippen LogP) is 0.824. The number of benzene rings is 1. The maximum absolute atomic E-state index is 11.9. The van der Waals surface area contributed by atoms with Gasteiger partial charge in [0.2, 0.25) is 0 Å². The number of carbonyl (C=O) groups is 1. The Balaban J connectivity index is 2.07. The minimum absolute atomic E-state index is 0.333. The number of nitrogens with one attached hydrogen (secondary N) is 1. The first-order valence-electron chi connectivity index (χ1n) is 6.21. The summed E-state index contributed by atoms with van der Waals surface area (Å²) in [6, 6.07) is 8.37. The van der Waals surface area contributed by atoms with Crippen LogP contribution in [0, 0.1) is 10.1 Å². The number of hydrogen-bond donors (Lipinski definition) is 1. The van der Waals surface area contributed by atoms with E-state index in [0.717, 1.165) is 0 Å². The number of carbonyl (C=O) groups excluding carboxylic acids is 1. The van der Waals surface area contributed by atoms with E-state index in [1.807, 2.05) is 0 Å². The van der Waals surface area contributed by atoms with Crippen molar-refractivity contribution in [3.05, 3.63) is 58.0 Å². The predicted molar refractivity (Wildman–Crippen MR) is 71.4 cm³/mol. The normalized spacial score (nSPS) is 15.8. The Morgan fingerprint density at radius 1 is 1.30 bits per heavy atom. The van der Waals surface area contributed by atoms with E-state index in [4.69, 9.17) is 4.74 Å². The summed E-state index contributed by atoms with van der Waals surface area (Å²) >= 11 is 0. The van der Waals surface area contributed by atoms with Crippen LogP contribution < -0.4 is 5.32 Å². The van der Waals surface area contributed by atoms with Crippen molar-refractivity contribution in [1.82, 2.24) is 10.2 Å². The molecular formula is C13H15N3O4. The molecule has 0 radical (unpaired) electrons. The van der Waals surface area contributed by atoms with Crippen molar-refractivity contribution in [2.75, 3.05) is 26.3 Å². The third kappa shape index (κ3) is 3.79. The molecule has 7 nitrogen and oxygen atoms in total. The minimum atomic E-state index is -0.601. The summed E-state index contributed by atoms with van der Waals surface area (Å²) in [5, 5.41) is 13.3. The Bertz CT molecular complexity index is 510. The summed E-state index contributed by atoms with van der Waals surface area (Å²) in [7, 11) is 0. The molecule has 0 aromatic heterocycles. The van der Waals surface area contributed by atoms with Gasteiger partial charge in [0, 0.05) is 13.1 Å². The third-order valence-corrected chi connectivity index (χ3v) is 2.82. The maximum Gasteiger partial charge on any atom is 0.339 e. The van der Waals surface area contributed by atoms with Crippen LogP contribution in [0.3, 0.4) is 0 Å². The first-order valence-corrected chi connectivity index (χ1v) is 6.21. The molecule has 1 aliphatic heterocycles. The lowest BCUT2D eigenvalue weighted by atomic mass is 10.2. The molecule has 0 spiro atoms. The molecule has 1 fully saturated rings. The molecule has 2 rings (SSSR count). The molecule has 1 N–H and O–H groups in total. The van der Waals surface area contributed by atoms with Crippen molar-refractivity contribution >= 4 is 5.91 Å². The van der Waals surface area contributed by atoms with E-state index in [0.29, 0.717) is 31.9 Å². The molecule has 0 bridgehead atoms. The Morgan fingerprint density at radius 3 is 2.55 bits per heavy atom. The highest BCUT2D eigenvalue weighted by molar-refractivity contribution is 5.94. The summed E-state index contributed by atoms with van der Waals surface area (Å²) in [5.41, 5.74) is 0.377. The van der Waals surface area contributed by atoms with Crippen molar-refractivity contribution in [3.8, 4) is 0 Å². The van der Waals surface area contributed by atoms with Crippen molar-refractivity contribution in [1.29, 1.82) is 0 Å². The SMILES string of the molecule is O=C(N/C(=C\N1CCOCC1)[N+](=O)[O-])c1ccccc1. The molecule has 1 saturated heterocycles. The Morgan fingerprint density at radius 2 is 1.95 bits per heavy atom. The van der Waals surface area contributed by atoms with Crippen molar-refractivity contribution < 1.29 is 14.5 Å². The second-order valence-corrected chi connectivity index (χ2v) is 4.24. The van der Waals surface area contributed by atoms with Gasteiger partial charge in [-0.2, -0.15) is 0 Å². The summed E-state index contributed by atoms with van der Waals surface area (Å²) in [5.74, 6) is -0.831. The zero-order valence-corrected chi connectivity index (χ0v) is 10.8. The van der Waals surface area contributed by atoms with Crippen molar-refractivity contribution in [2.45, 2.75) is 0 Å². The first kappa shape index (κ1) is 14.0. The van der Waals surface area contributed by atoms with Gasteiger partial charge in [-0.15, -0.1) is 0 Å². The Hall–Kier alpha value is -2.41. The zero-order chi connectivity index (χ0) is 14.4. The van der Waals surface area contributed by atoms with Crippen LogP contribution in [0.2, 0.25) is 0 Å². The van der Waals surface area contributed by atoms with Crippen LogP contribution >= 0.6 is 0 Å². The number of nitrogens with zero attached hydrogens (tertiary/aromatic N) is 2. The fourth-order valence-electron chi connectivity index (χ4n) is 1.78. The fourth-order valence-corrected chi connectivity index (χ4v) is 1.78. The molecule has 0 unspecified atom stereocenters. The van der Waals surface area contributed by atoms with E-state index in [1.54, 1.807) is 35.2 Å². The van der Waals surface area contributed by atoms with E-state index in [9.17, 15) is 14.9 Å².